The van der Waals surface area contributed by atoms with Gasteiger partial charge in [0.05, 0.1) is 5.52 Å². The van der Waals surface area contributed by atoms with Gasteiger partial charge in [-0.3, -0.25) is 4.98 Å². The molecule has 1 aliphatic rings. The molecule has 1 fully saturated rings. The number of halogens is 1. The van der Waals surface area contributed by atoms with Gasteiger partial charge in [0.2, 0.25) is 0 Å². The molecule has 1 heterocycles. The first-order valence-electron chi connectivity index (χ1n) is 6.92. The molecule has 0 atom stereocenters. The van der Waals surface area contributed by atoms with E-state index in [1.807, 2.05) is 12.3 Å². The third-order valence-electron chi connectivity index (χ3n) is 4.08. The van der Waals surface area contributed by atoms with Crippen molar-refractivity contribution in [1.29, 1.82) is 0 Å². The quantitative estimate of drug-likeness (QED) is 0.812. The largest absolute Gasteiger partial charge is 0.312 e. The van der Waals surface area contributed by atoms with Crippen LogP contribution in [0.5, 0.6) is 0 Å². The zero-order chi connectivity index (χ0) is 13.1. The summed E-state index contributed by atoms with van der Waals surface area (Å²) in [5.74, 6) is 0.781. The van der Waals surface area contributed by atoms with E-state index in [1.54, 1.807) is 0 Å². The second-order valence-electron chi connectivity index (χ2n) is 5.57. The molecular formula is C16H19ClN2. The first kappa shape index (κ1) is 12.9. The van der Waals surface area contributed by atoms with Gasteiger partial charge < -0.3 is 5.32 Å². The fourth-order valence-electron chi connectivity index (χ4n) is 2.60. The van der Waals surface area contributed by atoms with E-state index in [0.29, 0.717) is 5.41 Å². The Morgan fingerprint density at radius 2 is 2.16 bits per heavy atom. The average Bonchev–Trinajstić information content (AvgIpc) is 3.19. The second kappa shape index (κ2) is 5.48. The van der Waals surface area contributed by atoms with Crippen LogP contribution in [0.3, 0.4) is 0 Å². The minimum atomic E-state index is 0.500. The summed E-state index contributed by atoms with van der Waals surface area (Å²) in [5.41, 5.74) is 2.88. The molecule has 1 aromatic heterocycles. The minimum Gasteiger partial charge on any atom is -0.312 e. The summed E-state index contributed by atoms with van der Waals surface area (Å²) < 4.78 is 0. The van der Waals surface area contributed by atoms with Crippen molar-refractivity contribution in [1.82, 2.24) is 10.3 Å². The van der Waals surface area contributed by atoms with Crippen molar-refractivity contribution < 1.29 is 0 Å². The Labute approximate surface area is 119 Å². The first-order chi connectivity index (χ1) is 9.31. The van der Waals surface area contributed by atoms with Crippen LogP contribution in [0.25, 0.3) is 10.9 Å². The summed E-state index contributed by atoms with van der Waals surface area (Å²) in [5, 5.41) is 4.79. The van der Waals surface area contributed by atoms with Crippen molar-refractivity contribution >= 4 is 22.5 Å². The summed E-state index contributed by atoms with van der Waals surface area (Å²) >= 11 is 5.85. The molecule has 0 radical (unpaired) electrons. The zero-order valence-corrected chi connectivity index (χ0v) is 11.8. The lowest BCUT2D eigenvalue weighted by Crippen LogP contribution is -2.23. The number of rotatable bonds is 6. The maximum atomic E-state index is 5.85. The lowest BCUT2D eigenvalue weighted by molar-refractivity contribution is 0.446. The maximum absolute atomic E-state index is 5.85. The Hall–Kier alpha value is -1.12. The smallest absolute Gasteiger partial charge is 0.0702 e. The van der Waals surface area contributed by atoms with E-state index in [1.165, 1.54) is 23.8 Å². The molecule has 0 aliphatic heterocycles. The van der Waals surface area contributed by atoms with E-state index in [9.17, 15) is 0 Å². The lowest BCUT2D eigenvalue weighted by atomic mass is 10.0. The minimum absolute atomic E-state index is 0.500. The molecule has 1 aliphatic carbocycles. The molecule has 0 unspecified atom stereocenters. The number of nitrogens with zero attached hydrogens (tertiary/aromatic N) is 1. The molecule has 1 saturated carbocycles. The number of fused-ring (bicyclic) bond motifs is 1. The Morgan fingerprint density at radius 3 is 2.95 bits per heavy atom. The summed E-state index contributed by atoms with van der Waals surface area (Å²) in [4.78, 5) is 4.34. The normalized spacial score (nSPS) is 16.7. The van der Waals surface area contributed by atoms with Crippen LogP contribution in [0.2, 0.25) is 0 Å². The highest BCUT2D eigenvalue weighted by molar-refractivity contribution is 6.17. The van der Waals surface area contributed by atoms with Crippen molar-refractivity contribution in [2.75, 3.05) is 12.4 Å². The van der Waals surface area contributed by atoms with Gasteiger partial charge in [-0.05, 0) is 48.4 Å². The van der Waals surface area contributed by atoms with Crippen LogP contribution >= 0.6 is 11.6 Å². The van der Waals surface area contributed by atoms with Gasteiger partial charge in [-0.2, -0.15) is 0 Å². The molecule has 3 heteroatoms. The van der Waals surface area contributed by atoms with Crippen molar-refractivity contribution in [2.24, 2.45) is 5.41 Å². The summed E-state index contributed by atoms with van der Waals surface area (Å²) in [6, 6.07) is 10.6. The molecule has 0 saturated heterocycles. The van der Waals surface area contributed by atoms with Crippen molar-refractivity contribution in [3.05, 3.63) is 42.1 Å². The molecule has 100 valence electrons. The Kier molecular flexibility index (Phi) is 3.72. The third kappa shape index (κ3) is 3.07. The zero-order valence-electron chi connectivity index (χ0n) is 11.0. The van der Waals surface area contributed by atoms with E-state index in [2.05, 4.69) is 34.6 Å². The predicted molar refractivity (Wildman–Crippen MR) is 80.5 cm³/mol. The van der Waals surface area contributed by atoms with Crippen LogP contribution in [-0.2, 0) is 6.54 Å². The van der Waals surface area contributed by atoms with Crippen LogP contribution in [0.15, 0.2) is 36.5 Å². The molecule has 0 spiro atoms. The van der Waals surface area contributed by atoms with Crippen LogP contribution in [0, 0.1) is 5.41 Å². The number of hydrogen-bond acceptors (Lipinski definition) is 2. The van der Waals surface area contributed by atoms with E-state index >= 15 is 0 Å². The molecule has 19 heavy (non-hydrogen) atoms. The molecule has 2 aromatic rings. The van der Waals surface area contributed by atoms with Crippen LogP contribution in [0.4, 0.5) is 0 Å². The van der Waals surface area contributed by atoms with Gasteiger partial charge in [0.15, 0.2) is 0 Å². The Bertz CT molecular complexity index is 563. The van der Waals surface area contributed by atoms with Gasteiger partial charge in [0, 0.05) is 30.6 Å². The lowest BCUT2D eigenvalue weighted by Gasteiger charge is -2.14. The van der Waals surface area contributed by atoms with Crippen molar-refractivity contribution in [2.45, 2.75) is 25.8 Å². The molecule has 0 bridgehead atoms. The number of benzene rings is 1. The number of pyridine rings is 1. The Morgan fingerprint density at radius 1 is 1.26 bits per heavy atom. The fourth-order valence-corrected chi connectivity index (χ4v) is 3.00. The molecule has 1 N–H and O–H groups in total. The van der Waals surface area contributed by atoms with Crippen LogP contribution in [-0.4, -0.2) is 17.4 Å². The molecule has 3 rings (SSSR count). The maximum Gasteiger partial charge on any atom is 0.0702 e. The standard InChI is InChI=1S/C16H19ClN2/c17-8-7-16(5-6-16)12-18-11-13-3-4-15-14(10-13)2-1-9-19-15/h1-4,9-10,18H,5-8,11-12H2. The predicted octanol–water partition coefficient (Wildman–Crippen LogP) is 3.73. The van der Waals surface area contributed by atoms with E-state index in [4.69, 9.17) is 11.6 Å². The molecular weight excluding hydrogens is 256 g/mol. The van der Waals surface area contributed by atoms with Crippen LogP contribution in [0.1, 0.15) is 24.8 Å². The fraction of sp³-hybridized carbons (Fsp3) is 0.438. The molecule has 1 aromatic carbocycles. The second-order valence-corrected chi connectivity index (χ2v) is 5.95. The highest BCUT2D eigenvalue weighted by atomic mass is 35.5. The molecule has 0 amide bonds. The number of aromatic nitrogens is 1. The van der Waals surface area contributed by atoms with Gasteiger partial charge in [0.1, 0.15) is 0 Å². The number of hydrogen-bond donors (Lipinski definition) is 1. The summed E-state index contributed by atoms with van der Waals surface area (Å²) in [6.07, 6.45) is 5.63. The third-order valence-corrected chi connectivity index (χ3v) is 4.27. The Balaban J connectivity index is 1.59. The average molecular weight is 275 g/mol. The van der Waals surface area contributed by atoms with E-state index < -0.39 is 0 Å². The highest BCUT2D eigenvalue weighted by Gasteiger charge is 2.40. The summed E-state index contributed by atoms with van der Waals surface area (Å²) in [6.45, 7) is 2.01. The van der Waals surface area contributed by atoms with Gasteiger partial charge in [-0.15, -0.1) is 11.6 Å². The van der Waals surface area contributed by atoms with Crippen LogP contribution < -0.4 is 5.32 Å². The van der Waals surface area contributed by atoms with E-state index in [-0.39, 0.29) is 0 Å². The van der Waals surface area contributed by atoms with Crippen molar-refractivity contribution in [3.8, 4) is 0 Å². The van der Waals surface area contributed by atoms with E-state index in [0.717, 1.165) is 30.9 Å². The van der Waals surface area contributed by atoms with Gasteiger partial charge in [0.25, 0.3) is 0 Å². The topological polar surface area (TPSA) is 24.9 Å². The summed E-state index contributed by atoms with van der Waals surface area (Å²) in [7, 11) is 0. The number of nitrogens with one attached hydrogen (secondary N) is 1. The van der Waals surface area contributed by atoms with Gasteiger partial charge >= 0.3 is 0 Å². The SMILES string of the molecule is ClCCC1(CNCc2ccc3ncccc3c2)CC1. The van der Waals surface area contributed by atoms with Crippen molar-refractivity contribution in [3.63, 3.8) is 0 Å². The molecule has 2 nitrogen and oxygen atoms in total. The van der Waals surface area contributed by atoms with Gasteiger partial charge in [-0.1, -0.05) is 12.1 Å². The number of alkyl halides is 1. The monoisotopic (exact) mass is 274 g/mol. The first-order valence-corrected chi connectivity index (χ1v) is 7.45. The highest BCUT2D eigenvalue weighted by Crippen LogP contribution is 2.48. The van der Waals surface area contributed by atoms with Gasteiger partial charge in [-0.25, -0.2) is 0 Å².